The SMILES string of the molecule is NCCCc1cn(Cc2ccccc2Cl)c2ccccc12. The van der Waals surface area contributed by atoms with E-state index in [-0.39, 0.29) is 0 Å². The minimum absolute atomic E-state index is 0.726. The van der Waals surface area contributed by atoms with Crippen LogP contribution in [0.15, 0.2) is 54.7 Å². The molecular weight excluding hydrogens is 280 g/mol. The maximum absolute atomic E-state index is 6.29. The van der Waals surface area contributed by atoms with Gasteiger partial charge in [-0.3, -0.25) is 0 Å². The number of aryl methyl sites for hydroxylation is 1. The first kappa shape index (κ1) is 14.2. The van der Waals surface area contributed by atoms with Crippen LogP contribution in [0.1, 0.15) is 17.5 Å². The molecule has 3 aromatic rings. The molecule has 0 saturated carbocycles. The van der Waals surface area contributed by atoms with Gasteiger partial charge in [-0.1, -0.05) is 48.0 Å². The summed E-state index contributed by atoms with van der Waals surface area (Å²) in [6.45, 7) is 1.52. The number of para-hydroxylation sites is 1. The van der Waals surface area contributed by atoms with Gasteiger partial charge in [-0.2, -0.15) is 0 Å². The van der Waals surface area contributed by atoms with E-state index in [0.29, 0.717) is 0 Å². The molecule has 2 nitrogen and oxygen atoms in total. The maximum atomic E-state index is 6.29. The second kappa shape index (κ2) is 6.33. The number of nitrogens with two attached hydrogens (primary N) is 1. The molecule has 0 aliphatic heterocycles. The van der Waals surface area contributed by atoms with Gasteiger partial charge in [0.15, 0.2) is 0 Å². The highest BCUT2D eigenvalue weighted by Crippen LogP contribution is 2.25. The summed E-state index contributed by atoms with van der Waals surface area (Å²) < 4.78 is 2.28. The van der Waals surface area contributed by atoms with Gasteiger partial charge in [-0.05, 0) is 42.6 Å². The van der Waals surface area contributed by atoms with Crippen molar-refractivity contribution in [3.8, 4) is 0 Å². The van der Waals surface area contributed by atoms with Crippen LogP contribution in [0, 0.1) is 0 Å². The fraction of sp³-hybridized carbons (Fsp3) is 0.222. The highest BCUT2D eigenvalue weighted by molar-refractivity contribution is 6.31. The Morgan fingerprint density at radius 2 is 1.71 bits per heavy atom. The highest BCUT2D eigenvalue weighted by atomic mass is 35.5. The Bertz CT molecular complexity index is 746. The molecule has 0 fully saturated rings. The van der Waals surface area contributed by atoms with Gasteiger partial charge in [0, 0.05) is 28.7 Å². The lowest BCUT2D eigenvalue weighted by atomic mass is 10.1. The average molecular weight is 299 g/mol. The van der Waals surface area contributed by atoms with Crippen molar-refractivity contribution in [2.45, 2.75) is 19.4 Å². The fourth-order valence-corrected chi connectivity index (χ4v) is 2.95. The molecule has 1 aromatic heterocycles. The normalized spacial score (nSPS) is 11.1. The molecule has 3 heteroatoms. The number of hydrogen-bond donors (Lipinski definition) is 1. The monoisotopic (exact) mass is 298 g/mol. The van der Waals surface area contributed by atoms with Crippen molar-refractivity contribution < 1.29 is 0 Å². The van der Waals surface area contributed by atoms with Crippen LogP contribution in [0.25, 0.3) is 10.9 Å². The lowest BCUT2D eigenvalue weighted by molar-refractivity contribution is 0.806. The Kier molecular flexibility index (Phi) is 4.28. The molecule has 0 saturated heterocycles. The zero-order valence-electron chi connectivity index (χ0n) is 11.9. The molecule has 0 radical (unpaired) electrons. The predicted octanol–water partition coefficient (Wildman–Crippen LogP) is 4.23. The third-order valence-electron chi connectivity index (χ3n) is 3.82. The molecule has 3 rings (SSSR count). The van der Waals surface area contributed by atoms with Crippen LogP contribution in [0.3, 0.4) is 0 Å². The van der Waals surface area contributed by atoms with E-state index in [4.69, 9.17) is 17.3 Å². The van der Waals surface area contributed by atoms with Crippen LogP contribution < -0.4 is 5.73 Å². The lowest BCUT2D eigenvalue weighted by Gasteiger charge is -2.07. The number of rotatable bonds is 5. The van der Waals surface area contributed by atoms with E-state index in [9.17, 15) is 0 Å². The molecule has 0 bridgehead atoms. The number of nitrogens with zero attached hydrogens (tertiary/aromatic N) is 1. The molecule has 1 heterocycles. The molecule has 2 N–H and O–H groups in total. The predicted molar refractivity (Wildman–Crippen MR) is 89.9 cm³/mol. The minimum Gasteiger partial charge on any atom is -0.343 e. The standard InChI is InChI=1S/C18H19ClN2/c19-17-9-3-1-6-15(17)13-21-12-14(7-5-11-20)16-8-2-4-10-18(16)21/h1-4,6,8-10,12H,5,7,11,13,20H2. The van der Waals surface area contributed by atoms with Crippen molar-refractivity contribution in [3.63, 3.8) is 0 Å². The fourth-order valence-electron chi connectivity index (χ4n) is 2.76. The van der Waals surface area contributed by atoms with Crippen molar-refractivity contribution in [3.05, 3.63) is 70.9 Å². The molecule has 0 spiro atoms. The lowest BCUT2D eigenvalue weighted by Crippen LogP contribution is -2.00. The smallest absolute Gasteiger partial charge is 0.0491 e. The molecular formula is C18H19ClN2. The van der Waals surface area contributed by atoms with Gasteiger partial charge in [0.25, 0.3) is 0 Å². The van der Waals surface area contributed by atoms with E-state index in [0.717, 1.165) is 36.5 Å². The Morgan fingerprint density at radius 3 is 2.52 bits per heavy atom. The number of fused-ring (bicyclic) bond motifs is 1. The van der Waals surface area contributed by atoms with Crippen LogP contribution in [0.5, 0.6) is 0 Å². The summed E-state index contributed by atoms with van der Waals surface area (Å²) in [4.78, 5) is 0. The van der Waals surface area contributed by atoms with Crippen LogP contribution in [-0.4, -0.2) is 11.1 Å². The largest absolute Gasteiger partial charge is 0.343 e. The van der Waals surface area contributed by atoms with Crippen LogP contribution >= 0.6 is 11.6 Å². The summed E-state index contributed by atoms with van der Waals surface area (Å²) in [6.07, 6.45) is 4.27. The van der Waals surface area contributed by atoms with Crippen molar-refractivity contribution in [2.24, 2.45) is 5.73 Å². The van der Waals surface area contributed by atoms with Crippen LogP contribution in [0.4, 0.5) is 0 Å². The number of hydrogen-bond acceptors (Lipinski definition) is 1. The van der Waals surface area contributed by atoms with E-state index in [2.05, 4.69) is 41.1 Å². The molecule has 108 valence electrons. The first-order chi connectivity index (χ1) is 10.3. The van der Waals surface area contributed by atoms with Crippen molar-refractivity contribution >= 4 is 22.5 Å². The summed E-state index contributed by atoms with van der Waals surface area (Å²) in [5.74, 6) is 0. The second-order valence-electron chi connectivity index (χ2n) is 5.28. The first-order valence-corrected chi connectivity index (χ1v) is 7.67. The minimum atomic E-state index is 0.726. The third kappa shape index (κ3) is 2.97. The molecule has 0 aliphatic rings. The molecule has 2 aromatic carbocycles. The van der Waals surface area contributed by atoms with Crippen LogP contribution in [-0.2, 0) is 13.0 Å². The first-order valence-electron chi connectivity index (χ1n) is 7.30. The van der Waals surface area contributed by atoms with Gasteiger partial charge in [0.1, 0.15) is 0 Å². The molecule has 0 amide bonds. The van der Waals surface area contributed by atoms with Gasteiger partial charge < -0.3 is 10.3 Å². The van der Waals surface area contributed by atoms with Gasteiger partial charge in [0.05, 0.1) is 0 Å². The topological polar surface area (TPSA) is 30.9 Å². The zero-order chi connectivity index (χ0) is 14.7. The van der Waals surface area contributed by atoms with Crippen molar-refractivity contribution in [2.75, 3.05) is 6.54 Å². The van der Waals surface area contributed by atoms with Crippen molar-refractivity contribution in [1.82, 2.24) is 4.57 Å². The van der Waals surface area contributed by atoms with E-state index in [1.165, 1.54) is 16.5 Å². The Morgan fingerprint density at radius 1 is 0.952 bits per heavy atom. The van der Waals surface area contributed by atoms with Crippen molar-refractivity contribution in [1.29, 1.82) is 0 Å². The van der Waals surface area contributed by atoms with Gasteiger partial charge in [-0.15, -0.1) is 0 Å². The van der Waals surface area contributed by atoms with Gasteiger partial charge in [0.2, 0.25) is 0 Å². The molecule has 0 aliphatic carbocycles. The Balaban J connectivity index is 2.00. The maximum Gasteiger partial charge on any atom is 0.0491 e. The third-order valence-corrected chi connectivity index (χ3v) is 4.19. The molecule has 21 heavy (non-hydrogen) atoms. The van der Waals surface area contributed by atoms with E-state index in [1.54, 1.807) is 0 Å². The Labute approximate surface area is 130 Å². The summed E-state index contributed by atoms with van der Waals surface area (Å²) in [5.41, 5.74) is 9.41. The van der Waals surface area contributed by atoms with Gasteiger partial charge >= 0.3 is 0 Å². The van der Waals surface area contributed by atoms with Crippen LogP contribution in [0.2, 0.25) is 5.02 Å². The van der Waals surface area contributed by atoms with E-state index >= 15 is 0 Å². The van der Waals surface area contributed by atoms with E-state index < -0.39 is 0 Å². The molecule has 0 atom stereocenters. The van der Waals surface area contributed by atoms with E-state index in [1.807, 2.05) is 18.2 Å². The second-order valence-corrected chi connectivity index (χ2v) is 5.69. The Hall–Kier alpha value is -1.77. The molecule has 0 unspecified atom stereocenters. The summed E-state index contributed by atoms with van der Waals surface area (Å²) in [7, 11) is 0. The number of aromatic nitrogens is 1. The number of halogens is 1. The summed E-state index contributed by atoms with van der Waals surface area (Å²) in [6, 6.07) is 16.5. The number of benzene rings is 2. The summed E-state index contributed by atoms with van der Waals surface area (Å²) in [5, 5.41) is 2.14. The average Bonchev–Trinajstić information content (AvgIpc) is 2.86. The summed E-state index contributed by atoms with van der Waals surface area (Å²) >= 11 is 6.29. The van der Waals surface area contributed by atoms with Gasteiger partial charge in [-0.25, -0.2) is 0 Å². The highest BCUT2D eigenvalue weighted by Gasteiger charge is 2.09. The zero-order valence-corrected chi connectivity index (χ0v) is 12.7. The quantitative estimate of drug-likeness (QED) is 0.750.